The minimum Gasteiger partial charge on any atom is -0.369 e. The quantitative estimate of drug-likeness (QED) is 0.641. The molecule has 3 rings (SSSR count). The summed E-state index contributed by atoms with van der Waals surface area (Å²) in [5.74, 6) is 1.44. The fraction of sp³-hybridized carbons (Fsp3) is 0.263. The predicted octanol–water partition coefficient (Wildman–Crippen LogP) is 1.86. The van der Waals surface area contributed by atoms with E-state index in [4.69, 9.17) is 0 Å². The Balaban J connectivity index is 1.68. The van der Waals surface area contributed by atoms with E-state index in [1.807, 2.05) is 26.2 Å². The second-order valence-corrected chi connectivity index (χ2v) is 6.36. The first-order valence-electron chi connectivity index (χ1n) is 8.81. The number of rotatable bonds is 7. The van der Waals surface area contributed by atoms with E-state index in [9.17, 15) is 4.79 Å². The summed E-state index contributed by atoms with van der Waals surface area (Å²) in [4.78, 5) is 35.8. The Morgan fingerprint density at radius 3 is 2.61 bits per heavy atom. The van der Waals surface area contributed by atoms with E-state index in [0.717, 1.165) is 13.1 Å². The maximum atomic E-state index is 12.5. The SMILES string of the molecule is Cc1nc(NC(=O)c2ccc(NCCN(C)C)nc2)nc(-c2ccccn2)n1. The van der Waals surface area contributed by atoms with Gasteiger partial charge in [0.15, 0.2) is 5.82 Å². The van der Waals surface area contributed by atoms with Crippen LogP contribution in [0.1, 0.15) is 16.2 Å². The van der Waals surface area contributed by atoms with Crippen LogP contribution in [0.5, 0.6) is 0 Å². The van der Waals surface area contributed by atoms with Crippen LogP contribution in [0.15, 0.2) is 42.7 Å². The highest BCUT2D eigenvalue weighted by atomic mass is 16.1. The summed E-state index contributed by atoms with van der Waals surface area (Å²) in [6.07, 6.45) is 3.17. The molecule has 144 valence electrons. The highest BCUT2D eigenvalue weighted by Crippen LogP contribution is 2.14. The van der Waals surface area contributed by atoms with Crippen molar-refractivity contribution < 1.29 is 4.79 Å². The van der Waals surface area contributed by atoms with Crippen molar-refractivity contribution in [2.75, 3.05) is 37.8 Å². The van der Waals surface area contributed by atoms with Crippen LogP contribution in [0.4, 0.5) is 11.8 Å². The average molecular weight is 378 g/mol. The zero-order chi connectivity index (χ0) is 19.9. The molecule has 1 amide bonds. The molecule has 0 radical (unpaired) electrons. The third kappa shape index (κ3) is 5.27. The van der Waals surface area contributed by atoms with Crippen molar-refractivity contribution in [3.63, 3.8) is 0 Å². The molecule has 28 heavy (non-hydrogen) atoms. The smallest absolute Gasteiger partial charge is 0.259 e. The van der Waals surface area contributed by atoms with Crippen LogP contribution >= 0.6 is 0 Å². The fourth-order valence-corrected chi connectivity index (χ4v) is 2.36. The first-order chi connectivity index (χ1) is 13.5. The molecule has 0 unspecified atom stereocenters. The molecule has 0 aliphatic carbocycles. The van der Waals surface area contributed by atoms with Crippen molar-refractivity contribution in [2.45, 2.75) is 6.92 Å². The van der Waals surface area contributed by atoms with E-state index >= 15 is 0 Å². The highest BCUT2D eigenvalue weighted by Gasteiger charge is 2.12. The molecule has 2 N–H and O–H groups in total. The Labute approximate surface area is 163 Å². The minimum atomic E-state index is -0.343. The molecule has 0 aliphatic rings. The largest absolute Gasteiger partial charge is 0.369 e. The van der Waals surface area contributed by atoms with Crippen LogP contribution in [-0.4, -0.2) is 62.9 Å². The van der Waals surface area contributed by atoms with E-state index in [1.54, 1.807) is 31.3 Å². The summed E-state index contributed by atoms with van der Waals surface area (Å²) in [6.45, 7) is 3.40. The molecular formula is C19H22N8O. The highest BCUT2D eigenvalue weighted by molar-refractivity contribution is 6.03. The number of aromatic nitrogens is 5. The van der Waals surface area contributed by atoms with Crippen LogP contribution in [-0.2, 0) is 0 Å². The lowest BCUT2D eigenvalue weighted by atomic mass is 10.2. The van der Waals surface area contributed by atoms with Crippen molar-refractivity contribution in [2.24, 2.45) is 0 Å². The van der Waals surface area contributed by atoms with Gasteiger partial charge in [-0.3, -0.25) is 15.1 Å². The van der Waals surface area contributed by atoms with Gasteiger partial charge in [-0.1, -0.05) is 6.07 Å². The standard InChI is InChI=1S/C19H22N8O/c1-13-23-17(15-6-4-5-9-20-15)25-19(24-13)26-18(28)14-7-8-16(22-12-14)21-10-11-27(2)3/h4-9,12H,10-11H2,1-3H3,(H,21,22)(H,23,24,25,26,28). The number of anilines is 2. The molecule has 0 atom stereocenters. The van der Waals surface area contributed by atoms with Crippen LogP contribution in [0.25, 0.3) is 11.5 Å². The van der Waals surface area contributed by atoms with Gasteiger partial charge < -0.3 is 10.2 Å². The zero-order valence-electron chi connectivity index (χ0n) is 16.0. The van der Waals surface area contributed by atoms with E-state index < -0.39 is 0 Å². The van der Waals surface area contributed by atoms with Crippen molar-refractivity contribution in [1.82, 2.24) is 29.8 Å². The molecular weight excluding hydrogens is 356 g/mol. The predicted molar refractivity (Wildman–Crippen MR) is 107 cm³/mol. The summed E-state index contributed by atoms with van der Waals surface area (Å²) in [7, 11) is 4.01. The second-order valence-electron chi connectivity index (χ2n) is 6.36. The second kappa shape index (κ2) is 8.96. The van der Waals surface area contributed by atoms with Crippen LogP contribution in [0.3, 0.4) is 0 Å². The number of carbonyl (C=O) groups is 1. The first kappa shape index (κ1) is 19.3. The Morgan fingerprint density at radius 2 is 1.93 bits per heavy atom. The monoisotopic (exact) mass is 378 g/mol. The van der Waals surface area contributed by atoms with Gasteiger partial charge in [-0.15, -0.1) is 0 Å². The molecule has 9 heteroatoms. The molecule has 3 aromatic rings. The lowest BCUT2D eigenvalue weighted by Gasteiger charge is -2.11. The van der Waals surface area contributed by atoms with Crippen molar-refractivity contribution in [3.8, 4) is 11.5 Å². The number of amides is 1. The number of carbonyl (C=O) groups excluding carboxylic acids is 1. The van der Waals surface area contributed by atoms with Crippen LogP contribution in [0.2, 0.25) is 0 Å². The third-order valence-electron chi connectivity index (χ3n) is 3.76. The van der Waals surface area contributed by atoms with E-state index in [2.05, 4.69) is 40.5 Å². The van der Waals surface area contributed by atoms with Gasteiger partial charge in [0.1, 0.15) is 17.3 Å². The number of hydrogen-bond donors (Lipinski definition) is 2. The Bertz CT molecular complexity index is 928. The van der Waals surface area contributed by atoms with Crippen LogP contribution in [0, 0.1) is 6.92 Å². The summed E-state index contributed by atoms with van der Waals surface area (Å²) in [6, 6.07) is 8.93. The van der Waals surface area contributed by atoms with Gasteiger partial charge in [-0.2, -0.15) is 9.97 Å². The molecule has 0 saturated heterocycles. The number of aryl methyl sites for hydroxylation is 1. The van der Waals surface area contributed by atoms with Gasteiger partial charge in [-0.25, -0.2) is 9.97 Å². The van der Waals surface area contributed by atoms with E-state index in [-0.39, 0.29) is 11.9 Å². The molecule has 3 heterocycles. The van der Waals surface area contributed by atoms with Crippen molar-refractivity contribution in [1.29, 1.82) is 0 Å². The molecule has 0 fully saturated rings. The molecule has 9 nitrogen and oxygen atoms in total. The summed E-state index contributed by atoms with van der Waals surface area (Å²) < 4.78 is 0. The van der Waals surface area contributed by atoms with E-state index in [1.165, 1.54) is 6.20 Å². The molecule has 3 aromatic heterocycles. The summed E-state index contributed by atoms with van der Waals surface area (Å²) in [5, 5.41) is 5.89. The molecule has 0 saturated carbocycles. The lowest BCUT2D eigenvalue weighted by Crippen LogP contribution is -2.21. The fourth-order valence-electron chi connectivity index (χ4n) is 2.36. The number of hydrogen-bond acceptors (Lipinski definition) is 8. The summed E-state index contributed by atoms with van der Waals surface area (Å²) >= 11 is 0. The lowest BCUT2D eigenvalue weighted by molar-refractivity contribution is 0.102. The van der Waals surface area contributed by atoms with Crippen molar-refractivity contribution >= 4 is 17.7 Å². The van der Waals surface area contributed by atoms with Crippen molar-refractivity contribution in [3.05, 3.63) is 54.1 Å². The van der Waals surface area contributed by atoms with Gasteiger partial charge >= 0.3 is 0 Å². The van der Waals surface area contributed by atoms with Gasteiger partial charge in [0.25, 0.3) is 5.91 Å². The Hall–Kier alpha value is -3.46. The Kier molecular flexibility index (Phi) is 6.18. The molecule has 0 aliphatic heterocycles. The molecule has 0 aromatic carbocycles. The Morgan fingerprint density at radius 1 is 1.07 bits per heavy atom. The number of nitrogens with zero attached hydrogens (tertiary/aromatic N) is 6. The van der Waals surface area contributed by atoms with Gasteiger partial charge in [0.05, 0.1) is 5.56 Å². The molecule has 0 bridgehead atoms. The van der Waals surface area contributed by atoms with E-state index in [0.29, 0.717) is 28.7 Å². The normalized spacial score (nSPS) is 10.7. The maximum Gasteiger partial charge on any atom is 0.259 e. The number of likely N-dealkylation sites (N-methyl/N-ethyl adjacent to an activating group) is 1. The number of pyridine rings is 2. The summed E-state index contributed by atoms with van der Waals surface area (Å²) in [5.41, 5.74) is 1.02. The average Bonchev–Trinajstić information content (AvgIpc) is 2.68. The van der Waals surface area contributed by atoms with Gasteiger partial charge in [0, 0.05) is 25.5 Å². The first-order valence-corrected chi connectivity index (χ1v) is 8.81. The third-order valence-corrected chi connectivity index (χ3v) is 3.76. The number of nitrogens with one attached hydrogen (secondary N) is 2. The van der Waals surface area contributed by atoms with Gasteiger partial charge in [-0.05, 0) is 45.3 Å². The van der Waals surface area contributed by atoms with Gasteiger partial charge in [0.2, 0.25) is 5.95 Å². The zero-order valence-corrected chi connectivity index (χ0v) is 16.0. The topological polar surface area (TPSA) is 109 Å². The minimum absolute atomic E-state index is 0.173. The maximum absolute atomic E-state index is 12.5. The van der Waals surface area contributed by atoms with Crippen LogP contribution < -0.4 is 10.6 Å². The molecule has 0 spiro atoms.